The SMILES string of the molecule is Cc1cc(C#N)cc(C)c1Oc1nc(NC2CCNCC2)nc2c1COC2. The van der Waals surface area contributed by atoms with Gasteiger partial charge in [0.25, 0.3) is 0 Å². The number of nitrogens with zero attached hydrogens (tertiary/aromatic N) is 3. The summed E-state index contributed by atoms with van der Waals surface area (Å²) in [5, 5.41) is 15.9. The number of hydrogen-bond acceptors (Lipinski definition) is 7. The zero-order chi connectivity index (χ0) is 18.8. The van der Waals surface area contributed by atoms with Crippen LogP contribution in [0.3, 0.4) is 0 Å². The van der Waals surface area contributed by atoms with E-state index in [1.54, 1.807) is 0 Å². The van der Waals surface area contributed by atoms with E-state index < -0.39 is 0 Å². The lowest BCUT2D eigenvalue weighted by Gasteiger charge is -2.24. The summed E-state index contributed by atoms with van der Waals surface area (Å²) in [4.78, 5) is 9.28. The molecule has 4 rings (SSSR count). The molecule has 7 heteroatoms. The van der Waals surface area contributed by atoms with Gasteiger partial charge in [0.15, 0.2) is 0 Å². The molecule has 140 valence electrons. The molecule has 0 saturated carbocycles. The lowest BCUT2D eigenvalue weighted by molar-refractivity contribution is 0.132. The molecule has 1 aromatic carbocycles. The third kappa shape index (κ3) is 3.72. The summed E-state index contributed by atoms with van der Waals surface area (Å²) < 4.78 is 11.8. The molecule has 0 radical (unpaired) electrons. The van der Waals surface area contributed by atoms with Gasteiger partial charge in [-0.2, -0.15) is 10.2 Å². The molecule has 0 unspecified atom stereocenters. The Labute approximate surface area is 158 Å². The quantitative estimate of drug-likeness (QED) is 0.860. The minimum absolute atomic E-state index is 0.359. The Hall–Kier alpha value is -2.69. The molecule has 1 aromatic heterocycles. The van der Waals surface area contributed by atoms with Crippen LogP contribution < -0.4 is 15.4 Å². The van der Waals surface area contributed by atoms with E-state index in [9.17, 15) is 0 Å². The van der Waals surface area contributed by atoms with Crippen LogP contribution in [0.2, 0.25) is 0 Å². The van der Waals surface area contributed by atoms with Gasteiger partial charge in [0.2, 0.25) is 11.8 Å². The second-order valence-electron chi connectivity index (χ2n) is 7.09. The molecule has 0 amide bonds. The van der Waals surface area contributed by atoms with Crippen LogP contribution in [0.1, 0.15) is 40.8 Å². The highest BCUT2D eigenvalue weighted by atomic mass is 16.5. The van der Waals surface area contributed by atoms with Crippen LogP contribution in [-0.4, -0.2) is 29.1 Å². The number of benzene rings is 1. The normalized spacial score (nSPS) is 16.6. The van der Waals surface area contributed by atoms with Crippen molar-refractivity contribution in [3.8, 4) is 17.7 Å². The van der Waals surface area contributed by atoms with Gasteiger partial charge in [-0.1, -0.05) is 0 Å². The maximum Gasteiger partial charge on any atom is 0.230 e. The molecule has 7 nitrogen and oxygen atoms in total. The van der Waals surface area contributed by atoms with Gasteiger partial charge in [0.05, 0.1) is 36.1 Å². The molecule has 0 bridgehead atoms. The molecule has 0 spiro atoms. The predicted octanol–water partition coefficient (Wildman–Crippen LogP) is 2.95. The number of piperidine rings is 1. The highest BCUT2D eigenvalue weighted by Crippen LogP contribution is 2.34. The van der Waals surface area contributed by atoms with Crippen molar-refractivity contribution < 1.29 is 9.47 Å². The Kier molecular flexibility index (Phi) is 4.92. The Balaban J connectivity index is 1.65. The number of ether oxygens (including phenoxy) is 2. The van der Waals surface area contributed by atoms with Crippen molar-refractivity contribution in [2.45, 2.75) is 45.9 Å². The van der Waals surface area contributed by atoms with Gasteiger partial charge in [-0.25, -0.2) is 4.98 Å². The number of nitrogens with one attached hydrogen (secondary N) is 2. The number of fused-ring (bicyclic) bond motifs is 1. The van der Waals surface area contributed by atoms with E-state index in [1.165, 1.54) is 0 Å². The molecule has 1 saturated heterocycles. The van der Waals surface area contributed by atoms with E-state index in [-0.39, 0.29) is 0 Å². The summed E-state index contributed by atoms with van der Waals surface area (Å²) in [6.07, 6.45) is 2.09. The van der Waals surface area contributed by atoms with Gasteiger partial charge in [-0.05, 0) is 63.0 Å². The molecule has 3 heterocycles. The average molecular weight is 365 g/mol. The highest BCUT2D eigenvalue weighted by molar-refractivity contribution is 5.50. The van der Waals surface area contributed by atoms with Crippen molar-refractivity contribution >= 4 is 5.95 Å². The second-order valence-corrected chi connectivity index (χ2v) is 7.09. The van der Waals surface area contributed by atoms with Crippen LogP contribution >= 0.6 is 0 Å². The Morgan fingerprint density at radius 3 is 2.63 bits per heavy atom. The van der Waals surface area contributed by atoms with E-state index in [0.29, 0.717) is 36.6 Å². The molecule has 2 aromatic rings. The number of aryl methyl sites for hydroxylation is 2. The molecule has 0 aliphatic carbocycles. The molecule has 27 heavy (non-hydrogen) atoms. The fourth-order valence-electron chi connectivity index (χ4n) is 3.59. The topological polar surface area (TPSA) is 92.1 Å². The molecule has 2 aliphatic rings. The van der Waals surface area contributed by atoms with Crippen molar-refractivity contribution in [3.05, 3.63) is 40.1 Å². The van der Waals surface area contributed by atoms with Crippen molar-refractivity contribution in [3.63, 3.8) is 0 Å². The molecule has 2 aliphatic heterocycles. The average Bonchev–Trinajstić information content (AvgIpc) is 3.14. The molecule has 0 atom stereocenters. The summed E-state index contributed by atoms with van der Waals surface area (Å²) >= 11 is 0. The van der Waals surface area contributed by atoms with E-state index in [0.717, 1.165) is 54.1 Å². The van der Waals surface area contributed by atoms with Gasteiger partial charge >= 0.3 is 0 Å². The maximum atomic E-state index is 9.15. The maximum absolute atomic E-state index is 9.15. The summed E-state index contributed by atoms with van der Waals surface area (Å²) in [5.74, 6) is 1.85. The van der Waals surface area contributed by atoms with E-state index in [1.807, 2.05) is 26.0 Å². The third-order valence-electron chi connectivity index (χ3n) is 5.00. The highest BCUT2D eigenvalue weighted by Gasteiger charge is 2.24. The van der Waals surface area contributed by atoms with Crippen LogP contribution in [0.5, 0.6) is 11.6 Å². The first kappa shape index (κ1) is 17.7. The van der Waals surface area contributed by atoms with E-state index in [2.05, 4.69) is 26.7 Å². The number of aromatic nitrogens is 2. The summed E-state index contributed by atoms with van der Waals surface area (Å²) in [6.45, 7) is 6.80. The number of nitriles is 1. The first-order chi connectivity index (χ1) is 13.1. The Bertz CT molecular complexity index is 877. The largest absolute Gasteiger partial charge is 0.438 e. The van der Waals surface area contributed by atoms with Crippen LogP contribution in [0.25, 0.3) is 0 Å². The Morgan fingerprint density at radius 1 is 1.19 bits per heavy atom. The van der Waals surface area contributed by atoms with Crippen LogP contribution in [0.15, 0.2) is 12.1 Å². The van der Waals surface area contributed by atoms with Crippen molar-refractivity contribution in [1.82, 2.24) is 15.3 Å². The van der Waals surface area contributed by atoms with Crippen LogP contribution in [-0.2, 0) is 18.0 Å². The number of hydrogen-bond donors (Lipinski definition) is 2. The van der Waals surface area contributed by atoms with Gasteiger partial charge in [0, 0.05) is 6.04 Å². The second kappa shape index (κ2) is 7.51. The standard InChI is InChI=1S/C20H23N5O2/c1-12-7-14(9-21)8-13(2)18(12)27-19-16-10-26-11-17(16)24-20(25-19)23-15-3-5-22-6-4-15/h7-8,15,22H,3-6,10-11H2,1-2H3,(H,23,24,25). The monoisotopic (exact) mass is 365 g/mol. The predicted molar refractivity (Wildman–Crippen MR) is 101 cm³/mol. The first-order valence-electron chi connectivity index (χ1n) is 9.28. The minimum Gasteiger partial charge on any atom is -0.438 e. The van der Waals surface area contributed by atoms with E-state index >= 15 is 0 Å². The van der Waals surface area contributed by atoms with Crippen molar-refractivity contribution in [2.75, 3.05) is 18.4 Å². The van der Waals surface area contributed by atoms with Crippen LogP contribution in [0.4, 0.5) is 5.95 Å². The van der Waals surface area contributed by atoms with E-state index in [4.69, 9.17) is 14.7 Å². The summed E-state index contributed by atoms with van der Waals surface area (Å²) in [5.41, 5.74) is 4.22. The smallest absolute Gasteiger partial charge is 0.230 e. The summed E-state index contributed by atoms with van der Waals surface area (Å²) in [6, 6.07) is 6.19. The summed E-state index contributed by atoms with van der Waals surface area (Å²) in [7, 11) is 0. The molecule has 2 N–H and O–H groups in total. The fraction of sp³-hybridized carbons (Fsp3) is 0.450. The lowest BCUT2D eigenvalue weighted by atomic mass is 10.1. The third-order valence-corrected chi connectivity index (χ3v) is 5.00. The van der Waals surface area contributed by atoms with Crippen LogP contribution in [0, 0.1) is 25.2 Å². The molecule has 1 fully saturated rings. The first-order valence-corrected chi connectivity index (χ1v) is 9.28. The zero-order valence-electron chi connectivity index (χ0n) is 15.6. The minimum atomic E-state index is 0.359. The van der Waals surface area contributed by atoms with Crippen molar-refractivity contribution in [1.29, 1.82) is 5.26 Å². The number of rotatable bonds is 4. The zero-order valence-corrected chi connectivity index (χ0v) is 15.6. The van der Waals surface area contributed by atoms with Crippen molar-refractivity contribution in [2.24, 2.45) is 0 Å². The molecular weight excluding hydrogens is 342 g/mol. The Morgan fingerprint density at radius 2 is 1.93 bits per heavy atom. The molecular formula is C20H23N5O2. The van der Waals surface area contributed by atoms with Gasteiger partial charge in [-0.3, -0.25) is 0 Å². The van der Waals surface area contributed by atoms with Gasteiger partial charge in [0.1, 0.15) is 5.75 Å². The van der Waals surface area contributed by atoms with Gasteiger partial charge < -0.3 is 20.1 Å². The fourth-order valence-corrected chi connectivity index (χ4v) is 3.59. The number of anilines is 1. The van der Waals surface area contributed by atoms with Gasteiger partial charge in [-0.15, -0.1) is 0 Å². The lowest BCUT2D eigenvalue weighted by Crippen LogP contribution is -2.35.